The first-order chi connectivity index (χ1) is 16.3. The minimum Gasteiger partial charge on any atom is -0.480 e. The summed E-state index contributed by atoms with van der Waals surface area (Å²) in [6, 6.07) is 11.6. The Kier molecular flexibility index (Phi) is 6.36. The van der Waals surface area contributed by atoms with Crippen molar-refractivity contribution in [3.8, 4) is 0 Å². The summed E-state index contributed by atoms with van der Waals surface area (Å²) >= 11 is 0. The Morgan fingerprint density at radius 2 is 1.65 bits per heavy atom. The molecule has 0 spiro atoms. The molecule has 0 fully saturated rings. The number of hydrogen-bond donors (Lipinski definition) is 4. The SMILES string of the molecule is CC(C)CC(C(=O)NC(Cc1c[nH]c2ccccc12)C(=O)O)n1c(=O)[nH]c2ccccc2c1=O. The average molecular weight is 463 g/mol. The molecule has 0 bridgehead atoms. The van der Waals surface area contributed by atoms with Crippen LogP contribution in [0.25, 0.3) is 21.8 Å². The van der Waals surface area contributed by atoms with E-state index in [4.69, 9.17) is 0 Å². The van der Waals surface area contributed by atoms with Gasteiger partial charge in [0.25, 0.3) is 5.56 Å². The molecule has 0 aliphatic heterocycles. The topological polar surface area (TPSA) is 137 Å². The van der Waals surface area contributed by atoms with Crippen LogP contribution in [-0.4, -0.2) is 37.6 Å². The Morgan fingerprint density at radius 3 is 2.32 bits per heavy atom. The van der Waals surface area contributed by atoms with Crippen LogP contribution in [0.5, 0.6) is 0 Å². The maximum Gasteiger partial charge on any atom is 0.329 e. The van der Waals surface area contributed by atoms with Gasteiger partial charge in [0.1, 0.15) is 12.1 Å². The number of aromatic amines is 2. The van der Waals surface area contributed by atoms with E-state index >= 15 is 0 Å². The van der Waals surface area contributed by atoms with Crippen LogP contribution in [0.2, 0.25) is 0 Å². The zero-order valence-corrected chi connectivity index (χ0v) is 18.9. The molecule has 0 saturated heterocycles. The van der Waals surface area contributed by atoms with Crippen LogP contribution in [0.4, 0.5) is 0 Å². The number of carbonyl (C=O) groups is 2. The molecule has 2 aromatic carbocycles. The number of para-hydroxylation sites is 2. The summed E-state index contributed by atoms with van der Waals surface area (Å²) in [6.45, 7) is 3.72. The van der Waals surface area contributed by atoms with Gasteiger partial charge in [-0.1, -0.05) is 44.2 Å². The second kappa shape index (κ2) is 9.38. The molecule has 2 atom stereocenters. The number of carbonyl (C=O) groups excluding carboxylic acids is 1. The number of aromatic nitrogens is 3. The predicted molar refractivity (Wildman–Crippen MR) is 129 cm³/mol. The quantitative estimate of drug-likeness (QED) is 0.319. The second-order valence-electron chi connectivity index (χ2n) is 8.76. The number of nitrogens with zero attached hydrogens (tertiary/aromatic N) is 1. The van der Waals surface area contributed by atoms with Gasteiger partial charge in [-0.05, 0) is 36.1 Å². The molecule has 176 valence electrons. The monoisotopic (exact) mass is 462 g/mol. The van der Waals surface area contributed by atoms with Crippen LogP contribution in [0.15, 0.2) is 64.3 Å². The van der Waals surface area contributed by atoms with Gasteiger partial charge in [-0.25, -0.2) is 14.2 Å². The summed E-state index contributed by atoms with van der Waals surface area (Å²) < 4.78 is 0.891. The van der Waals surface area contributed by atoms with Crippen molar-refractivity contribution < 1.29 is 14.7 Å². The third kappa shape index (κ3) is 4.50. The first-order valence-corrected chi connectivity index (χ1v) is 11.1. The Morgan fingerprint density at radius 1 is 1.00 bits per heavy atom. The summed E-state index contributed by atoms with van der Waals surface area (Å²) in [6.07, 6.45) is 1.95. The highest BCUT2D eigenvalue weighted by molar-refractivity contribution is 5.88. The number of rotatable bonds is 8. The highest BCUT2D eigenvalue weighted by atomic mass is 16.4. The van der Waals surface area contributed by atoms with E-state index in [1.165, 1.54) is 0 Å². The van der Waals surface area contributed by atoms with Crippen molar-refractivity contribution >= 4 is 33.7 Å². The molecule has 0 aliphatic carbocycles. The second-order valence-corrected chi connectivity index (χ2v) is 8.76. The molecule has 2 unspecified atom stereocenters. The van der Waals surface area contributed by atoms with Crippen LogP contribution in [0.1, 0.15) is 31.9 Å². The van der Waals surface area contributed by atoms with E-state index in [9.17, 15) is 24.3 Å². The Labute approximate surface area is 194 Å². The third-order valence-corrected chi connectivity index (χ3v) is 5.86. The minimum atomic E-state index is -1.24. The van der Waals surface area contributed by atoms with Crippen molar-refractivity contribution in [1.29, 1.82) is 0 Å². The fourth-order valence-electron chi connectivity index (χ4n) is 4.22. The van der Waals surface area contributed by atoms with Crippen LogP contribution >= 0.6 is 0 Å². The lowest BCUT2D eigenvalue weighted by Gasteiger charge is -2.23. The largest absolute Gasteiger partial charge is 0.480 e. The van der Waals surface area contributed by atoms with E-state index in [-0.39, 0.29) is 24.1 Å². The van der Waals surface area contributed by atoms with Gasteiger partial charge in [0.05, 0.1) is 10.9 Å². The molecule has 9 heteroatoms. The van der Waals surface area contributed by atoms with Crippen molar-refractivity contribution in [3.05, 3.63) is 81.1 Å². The normalized spacial score (nSPS) is 13.3. The highest BCUT2D eigenvalue weighted by Gasteiger charge is 2.30. The van der Waals surface area contributed by atoms with Gasteiger partial charge in [-0.2, -0.15) is 0 Å². The number of nitrogens with one attached hydrogen (secondary N) is 3. The number of aliphatic carboxylic acids is 1. The van der Waals surface area contributed by atoms with Crippen LogP contribution in [-0.2, 0) is 16.0 Å². The molecule has 2 heterocycles. The number of carboxylic acids is 1. The lowest BCUT2D eigenvalue weighted by Crippen LogP contribution is -2.49. The van der Waals surface area contributed by atoms with E-state index in [0.717, 1.165) is 21.0 Å². The zero-order chi connectivity index (χ0) is 24.4. The van der Waals surface area contributed by atoms with Gasteiger partial charge >= 0.3 is 11.7 Å². The van der Waals surface area contributed by atoms with E-state index in [1.54, 1.807) is 30.5 Å². The van der Waals surface area contributed by atoms with Gasteiger partial charge in [-0.15, -0.1) is 0 Å². The van der Waals surface area contributed by atoms with Crippen molar-refractivity contribution in [2.24, 2.45) is 5.92 Å². The molecule has 4 aromatic rings. The minimum absolute atomic E-state index is 0.0367. The number of amides is 1. The predicted octanol–water partition coefficient (Wildman–Crippen LogP) is 2.57. The summed E-state index contributed by atoms with van der Waals surface area (Å²) in [5, 5.41) is 13.5. The Balaban J connectivity index is 1.68. The van der Waals surface area contributed by atoms with Crippen molar-refractivity contribution in [2.45, 2.75) is 38.8 Å². The van der Waals surface area contributed by atoms with Crippen molar-refractivity contribution in [2.75, 3.05) is 0 Å². The standard InChI is InChI=1S/C25H26N4O5/c1-14(2)11-21(29-23(31)17-8-4-6-10-19(17)28-25(29)34)22(30)27-20(24(32)33)12-15-13-26-18-9-5-3-7-16(15)18/h3-10,13-14,20-21,26H,11-12H2,1-2H3,(H,27,30)(H,28,34)(H,32,33). The molecule has 2 aromatic heterocycles. The lowest BCUT2D eigenvalue weighted by molar-refractivity contribution is -0.142. The Hall–Kier alpha value is -4.14. The molecule has 34 heavy (non-hydrogen) atoms. The molecule has 0 aliphatic rings. The number of fused-ring (bicyclic) bond motifs is 2. The van der Waals surface area contributed by atoms with E-state index < -0.39 is 35.2 Å². The van der Waals surface area contributed by atoms with Crippen LogP contribution in [0.3, 0.4) is 0 Å². The molecule has 0 radical (unpaired) electrons. The molecule has 9 nitrogen and oxygen atoms in total. The van der Waals surface area contributed by atoms with E-state index in [0.29, 0.717) is 5.52 Å². The number of benzene rings is 2. The first-order valence-electron chi connectivity index (χ1n) is 11.1. The van der Waals surface area contributed by atoms with Crippen LogP contribution < -0.4 is 16.6 Å². The molecule has 4 rings (SSSR count). The van der Waals surface area contributed by atoms with Gasteiger partial charge in [0, 0.05) is 23.5 Å². The van der Waals surface area contributed by atoms with Crippen molar-refractivity contribution in [3.63, 3.8) is 0 Å². The van der Waals surface area contributed by atoms with Gasteiger partial charge in [0.15, 0.2) is 0 Å². The van der Waals surface area contributed by atoms with Crippen LogP contribution in [0, 0.1) is 5.92 Å². The molecule has 4 N–H and O–H groups in total. The average Bonchev–Trinajstić information content (AvgIpc) is 3.20. The summed E-state index contributed by atoms with van der Waals surface area (Å²) in [5.74, 6) is -1.93. The van der Waals surface area contributed by atoms with Gasteiger partial charge < -0.3 is 20.4 Å². The summed E-state index contributed by atoms with van der Waals surface area (Å²) in [4.78, 5) is 57.1. The highest BCUT2D eigenvalue weighted by Crippen LogP contribution is 2.20. The maximum absolute atomic E-state index is 13.3. The fraction of sp³-hybridized carbons (Fsp3) is 0.280. The first kappa shape index (κ1) is 23.0. The number of carboxylic acid groups (broad SMARTS) is 1. The van der Waals surface area contributed by atoms with E-state index in [1.807, 2.05) is 38.1 Å². The van der Waals surface area contributed by atoms with E-state index in [2.05, 4.69) is 15.3 Å². The maximum atomic E-state index is 13.3. The number of H-pyrrole nitrogens is 2. The van der Waals surface area contributed by atoms with Gasteiger partial charge in [-0.3, -0.25) is 9.59 Å². The summed E-state index contributed by atoms with van der Waals surface area (Å²) in [5.41, 5.74) is 0.668. The Bertz CT molecular complexity index is 1480. The molecule has 0 saturated carbocycles. The zero-order valence-electron chi connectivity index (χ0n) is 18.9. The lowest BCUT2D eigenvalue weighted by atomic mass is 10.0. The van der Waals surface area contributed by atoms with Crippen molar-refractivity contribution in [1.82, 2.24) is 19.9 Å². The molecular formula is C25H26N4O5. The third-order valence-electron chi connectivity index (χ3n) is 5.86. The fourth-order valence-corrected chi connectivity index (χ4v) is 4.22. The molecule has 1 amide bonds. The smallest absolute Gasteiger partial charge is 0.329 e. The molecular weight excluding hydrogens is 436 g/mol. The summed E-state index contributed by atoms with van der Waals surface area (Å²) in [7, 11) is 0. The number of hydrogen-bond acceptors (Lipinski definition) is 4. The van der Waals surface area contributed by atoms with Gasteiger partial charge in [0.2, 0.25) is 5.91 Å².